The van der Waals surface area contributed by atoms with Gasteiger partial charge in [-0.15, -0.1) is 11.3 Å². The molecule has 78 valence electrons. The molecule has 0 unspecified atom stereocenters. The Morgan fingerprint density at radius 1 is 1.27 bits per heavy atom. The molecular weight excluding hydrogens is 276 g/mol. The van der Waals surface area contributed by atoms with Crippen LogP contribution in [0, 0.1) is 0 Å². The largest absolute Gasteiger partial charge is 0.346 e. The second-order valence-electron chi connectivity index (χ2n) is 3.41. The number of halogens is 1. The number of benzene rings is 1. The van der Waals surface area contributed by atoms with Crippen molar-refractivity contribution in [3.63, 3.8) is 0 Å². The van der Waals surface area contributed by atoms with Gasteiger partial charge in [0.25, 0.3) is 0 Å². The lowest BCUT2D eigenvalue weighted by molar-refractivity contribution is -0.0427. The van der Waals surface area contributed by atoms with E-state index in [9.17, 15) is 0 Å². The van der Waals surface area contributed by atoms with E-state index in [1.165, 1.54) is 10.1 Å². The van der Waals surface area contributed by atoms with Crippen molar-refractivity contribution >= 4 is 37.4 Å². The molecule has 1 aliphatic rings. The molecule has 4 heteroatoms. The summed E-state index contributed by atoms with van der Waals surface area (Å²) >= 11 is 5.21. The van der Waals surface area contributed by atoms with E-state index in [0.29, 0.717) is 13.2 Å². The molecule has 1 saturated heterocycles. The first kappa shape index (κ1) is 9.78. The first-order chi connectivity index (χ1) is 7.34. The molecular formula is C11H9BrO2S. The summed E-state index contributed by atoms with van der Waals surface area (Å²) in [5, 5.41) is 3.34. The standard InChI is InChI=1S/C11H9BrO2S/c12-7-1-2-10-8(5-7)9(6-15-10)11-13-3-4-14-11/h1-2,5-6,11H,3-4H2. The highest BCUT2D eigenvalue weighted by Gasteiger charge is 2.21. The Kier molecular flexibility index (Phi) is 2.52. The number of hydrogen-bond acceptors (Lipinski definition) is 3. The zero-order chi connectivity index (χ0) is 10.3. The number of ether oxygens (including phenoxy) is 2. The van der Waals surface area contributed by atoms with E-state index in [-0.39, 0.29) is 6.29 Å². The van der Waals surface area contributed by atoms with Gasteiger partial charge in [0.05, 0.1) is 13.2 Å². The second kappa shape index (κ2) is 3.87. The van der Waals surface area contributed by atoms with Crippen LogP contribution in [0.5, 0.6) is 0 Å². The lowest BCUT2D eigenvalue weighted by atomic mass is 10.2. The molecule has 0 saturated carbocycles. The summed E-state index contributed by atoms with van der Waals surface area (Å²) in [6.45, 7) is 1.38. The van der Waals surface area contributed by atoms with Gasteiger partial charge in [-0.2, -0.15) is 0 Å². The molecule has 0 spiro atoms. The maximum atomic E-state index is 5.51. The van der Waals surface area contributed by atoms with Gasteiger partial charge in [-0.25, -0.2) is 0 Å². The van der Waals surface area contributed by atoms with Gasteiger partial charge in [0.2, 0.25) is 0 Å². The molecule has 1 fully saturated rings. The predicted molar refractivity (Wildman–Crippen MR) is 64.2 cm³/mol. The summed E-state index contributed by atoms with van der Waals surface area (Å²) in [5.41, 5.74) is 1.15. The Bertz CT molecular complexity index is 488. The Morgan fingerprint density at radius 2 is 2.07 bits per heavy atom. The molecule has 0 radical (unpaired) electrons. The smallest absolute Gasteiger partial charge is 0.185 e. The minimum Gasteiger partial charge on any atom is -0.346 e. The summed E-state index contributed by atoms with van der Waals surface area (Å²) in [7, 11) is 0. The van der Waals surface area contributed by atoms with Gasteiger partial charge < -0.3 is 9.47 Å². The molecule has 2 aromatic rings. The average molecular weight is 285 g/mol. The third-order valence-corrected chi connectivity index (χ3v) is 3.92. The van der Waals surface area contributed by atoms with E-state index in [4.69, 9.17) is 9.47 Å². The first-order valence-electron chi connectivity index (χ1n) is 4.74. The van der Waals surface area contributed by atoms with Crippen molar-refractivity contribution < 1.29 is 9.47 Å². The molecule has 1 aromatic carbocycles. The minimum atomic E-state index is -0.173. The summed E-state index contributed by atoms with van der Waals surface area (Å²) in [4.78, 5) is 0. The maximum absolute atomic E-state index is 5.51. The summed E-state index contributed by atoms with van der Waals surface area (Å²) in [6, 6.07) is 6.29. The summed E-state index contributed by atoms with van der Waals surface area (Å²) < 4.78 is 13.4. The van der Waals surface area contributed by atoms with Gasteiger partial charge in [-0.05, 0) is 18.2 Å². The van der Waals surface area contributed by atoms with Crippen LogP contribution < -0.4 is 0 Å². The fourth-order valence-corrected chi connectivity index (χ4v) is 3.04. The van der Waals surface area contributed by atoms with Gasteiger partial charge >= 0.3 is 0 Å². The number of hydrogen-bond donors (Lipinski definition) is 0. The van der Waals surface area contributed by atoms with Crippen molar-refractivity contribution in [2.24, 2.45) is 0 Å². The van der Waals surface area contributed by atoms with Crippen LogP contribution in [0.2, 0.25) is 0 Å². The van der Waals surface area contributed by atoms with E-state index in [1.54, 1.807) is 11.3 Å². The van der Waals surface area contributed by atoms with E-state index in [2.05, 4.69) is 39.5 Å². The van der Waals surface area contributed by atoms with Crippen LogP contribution in [-0.4, -0.2) is 13.2 Å². The highest BCUT2D eigenvalue weighted by Crippen LogP contribution is 2.35. The van der Waals surface area contributed by atoms with Gasteiger partial charge in [0.1, 0.15) is 0 Å². The Hall–Kier alpha value is -0.420. The molecule has 0 amide bonds. The topological polar surface area (TPSA) is 18.5 Å². The zero-order valence-corrected chi connectivity index (χ0v) is 10.3. The van der Waals surface area contributed by atoms with Crippen molar-refractivity contribution in [2.75, 3.05) is 13.2 Å². The summed E-state index contributed by atoms with van der Waals surface area (Å²) in [5.74, 6) is 0. The monoisotopic (exact) mass is 284 g/mol. The fraction of sp³-hybridized carbons (Fsp3) is 0.273. The van der Waals surface area contributed by atoms with Crippen LogP contribution in [0.3, 0.4) is 0 Å². The van der Waals surface area contributed by atoms with Crippen molar-refractivity contribution in [3.8, 4) is 0 Å². The fourth-order valence-electron chi connectivity index (χ4n) is 1.74. The van der Waals surface area contributed by atoms with Gasteiger partial charge in [0, 0.05) is 25.5 Å². The van der Waals surface area contributed by atoms with Crippen molar-refractivity contribution in [2.45, 2.75) is 6.29 Å². The third-order valence-electron chi connectivity index (χ3n) is 2.44. The molecule has 0 aliphatic carbocycles. The van der Waals surface area contributed by atoms with Crippen LogP contribution in [0.15, 0.2) is 28.1 Å². The molecule has 3 rings (SSSR count). The molecule has 0 bridgehead atoms. The highest BCUT2D eigenvalue weighted by molar-refractivity contribution is 9.10. The van der Waals surface area contributed by atoms with E-state index < -0.39 is 0 Å². The average Bonchev–Trinajstić information content (AvgIpc) is 2.83. The Balaban J connectivity index is 2.13. The lowest BCUT2D eigenvalue weighted by Crippen LogP contribution is -1.95. The Labute approximate surface area is 99.9 Å². The maximum Gasteiger partial charge on any atom is 0.185 e. The van der Waals surface area contributed by atoms with Crippen molar-refractivity contribution in [1.29, 1.82) is 0 Å². The predicted octanol–water partition coefficient (Wildman–Crippen LogP) is 3.71. The van der Waals surface area contributed by atoms with Crippen LogP contribution in [0.4, 0.5) is 0 Å². The highest BCUT2D eigenvalue weighted by atomic mass is 79.9. The molecule has 2 heterocycles. The molecule has 2 nitrogen and oxygen atoms in total. The summed E-state index contributed by atoms with van der Waals surface area (Å²) in [6.07, 6.45) is -0.173. The first-order valence-corrected chi connectivity index (χ1v) is 6.42. The number of thiophene rings is 1. The van der Waals surface area contributed by atoms with Crippen LogP contribution in [0.1, 0.15) is 11.9 Å². The van der Waals surface area contributed by atoms with Gasteiger partial charge in [0.15, 0.2) is 6.29 Å². The van der Waals surface area contributed by atoms with E-state index >= 15 is 0 Å². The van der Waals surface area contributed by atoms with Gasteiger partial charge in [-0.3, -0.25) is 0 Å². The minimum absolute atomic E-state index is 0.173. The Morgan fingerprint density at radius 3 is 2.87 bits per heavy atom. The van der Waals surface area contributed by atoms with Crippen LogP contribution in [-0.2, 0) is 9.47 Å². The van der Waals surface area contributed by atoms with Crippen molar-refractivity contribution in [3.05, 3.63) is 33.6 Å². The zero-order valence-electron chi connectivity index (χ0n) is 7.90. The third kappa shape index (κ3) is 1.72. The van der Waals surface area contributed by atoms with E-state index in [0.717, 1.165) is 10.0 Å². The normalized spacial score (nSPS) is 17.7. The SMILES string of the molecule is Brc1ccc2scc(C3OCCO3)c2c1. The molecule has 15 heavy (non-hydrogen) atoms. The molecule has 1 aliphatic heterocycles. The molecule has 0 atom stereocenters. The number of rotatable bonds is 1. The van der Waals surface area contributed by atoms with E-state index in [1.807, 2.05) is 0 Å². The number of fused-ring (bicyclic) bond motifs is 1. The molecule has 1 aromatic heterocycles. The van der Waals surface area contributed by atoms with Crippen molar-refractivity contribution in [1.82, 2.24) is 0 Å². The van der Waals surface area contributed by atoms with Crippen LogP contribution >= 0.6 is 27.3 Å². The second-order valence-corrected chi connectivity index (χ2v) is 5.23. The lowest BCUT2D eigenvalue weighted by Gasteiger charge is -2.07. The van der Waals surface area contributed by atoms with Gasteiger partial charge in [-0.1, -0.05) is 15.9 Å². The molecule has 0 N–H and O–H groups in total. The quantitative estimate of drug-likeness (QED) is 0.795. The van der Waals surface area contributed by atoms with Crippen LogP contribution in [0.25, 0.3) is 10.1 Å².